The molecule has 0 N–H and O–H groups in total. The number of amides is 1. The summed E-state index contributed by atoms with van der Waals surface area (Å²) in [5, 5.41) is 0.703. The summed E-state index contributed by atoms with van der Waals surface area (Å²) in [5.74, 6) is 1.12. The molecule has 0 bridgehead atoms. The minimum atomic E-state index is -2.98. The third-order valence-electron chi connectivity index (χ3n) is 4.76. The van der Waals surface area contributed by atoms with E-state index in [1.807, 2.05) is 24.0 Å². The molecule has 25 heavy (non-hydrogen) atoms. The van der Waals surface area contributed by atoms with Gasteiger partial charge < -0.3 is 9.64 Å². The number of hydrogen-bond donors (Lipinski definition) is 0. The third-order valence-corrected chi connectivity index (χ3v) is 6.94. The lowest BCUT2D eigenvalue weighted by molar-refractivity contribution is -0.134. The summed E-state index contributed by atoms with van der Waals surface area (Å²) < 4.78 is 29.1. The molecule has 138 valence electrons. The number of carbonyl (C=O) groups is 1. The van der Waals surface area contributed by atoms with Crippen LogP contribution in [0.15, 0.2) is 18.2 Å². The predicted molar refractivity (Wildman–Crippen MR) is 97.8 cm³/mol. The summed E-state index contributed by atoms with van der Waals surface area (Å²) in [6, 6.07) is 5.60. The van der Waals surface area contributed by atoms with E-state index >= 15 is 0 Å². The van der Waals surface area contributed by atoms with Crippen LogP contribution in [-0.4, -0.2) is 49.4 Å². The van der Waals surface area contributed by atoms with Gasteiger partial charge in [0.05, 0.1) is 18.1 Å². The van der Waals surface area contributed by atoms with Crippen molar-refractivity contribution in [2.75, 3.05) is 18.1 Å². The van der Waals surface area contributed by atoms with Gasteiger partial charge in [-0.15, -0.1) is 0 Å². The molecule has 1 aromatic carbocycles. The number of halogens is 1. The molecule has 7 heteroatoms. The van der Waals surface area contributed by atoms with Crippen molar-refractivity contribution in [2.45, 2.75) is 51.1 Å². The SMILES string of the molecule is Cc1cc(OCCCC(=O)N(C2CC2)C2CCS(=O)(=O)C2)ccc1Cl. The van der Waals surface area contributed by atoms with Gasteiger partial charge in [0.2, 0.25) is 5.91 Å². The van der Waals surface area contributed by atoms with Crippen LogP contribution in [0.25, 0.3) is 0 Å². The van der Waals surface area contributed by atoms with Crippen molar-refractivity contribution >= 4 is 27.3 Å². The van der Waals surface area contributed by atoms with Crippen LogP contribution in [-0.2, 0) is 14.6 Å². The molecule has 0 radical (unpaired) electrons. The van der Waals surface area contributed by atoms with Crippen molar-refractivity contribution in [3.8, 4) is 5.75 Å². The number of sulfone groups is 1. The van der Waals surface area contributed by atoms with Crippen LogP contribution in [0.4, 0.5) is 0 Å². The fourth-order valence-corrected chi connectivity index (χ4v) is 5.13. The largest absolute Gasteiger partial charge is 0.494 e. The number of nitrogens with zero attached hydrogens (tertiary/aromatic N) is 1. The second kappa shape index (κ2) is 7.54. The van der Waals surface area contributed by atoms with Crippen LogP contribution in [0.5, 0.6) is 5.75 Å². The number of rotatable bonds is 7. The van der Waals surface area contributed by atoms with Gasteiger partial charge in [-0.3, -0.25) is 4.79 Å². The Kier molecular flexibility index (Phi) is 5.58. The Morgan fingerprint density at radius 3 is 2.64 bits per heavy atom. The van der Waals surface area contributed by atoms with E-state index in [0.29, 0.717) is 30.9 Å². The molecular formula is C18H24ClNO4S. The molecule has 5 nitrogen and oxygen atoms in total. The second-order valence-corrected chi connectivity index (χ2v) is 9.59. The Bertz CT molecular complexity index is 745. The predicted octanol–water partition coefficient (Wildman–Crippen LogP) is 2.99. The average Bonchev–Trinajstić information content (AvgIpc) is 3.31. The summed E-state index contributed by atoms with van der Waals surface area (Å²) in [6.45, 7) is 2.37. The molecule has 1 unspecified atom stereocenters. The fraction of sp³-hybridized carbons (Fsp3) is 0.611. The Morgan fingerprint density at radius 1 is 1.28 bits per heavy atom. The molecule has 1 atom stereocenters. The third kappa shape index (κ3) is 4.88. The zero-order valence-corrected chi connectivity index (χ0v) is 16.0. The molecule has 0 spiro atoms. The first-order chi connectivity index (χ1) is 11.9. The topological polar surface area (TPSA) is 63.7 Å². The molecule has 1 amide bonds. The zero-order valence-electron chi connectivity index (χ0n) is 14.4. The summed E-state index contributed by atoms with van der Waals surface area (Å²) in [6.07, 6.45) is 3.56. The number of benzene rings is 1. The smallest absolute Gasteiger partial charge is 0.223 e. The van der Waals surface area contributed by atoms with Crippen LogP contribution in [0.3, 0.4) is 0 Å². The van der Waals surface area contributed by atoms with Crippen molar-refractivity contribution in [1.29, 1.82) is 0 Å². The Morgan fingerprint density at radius 2 is 2.04 bits per heavy atom. The van der Waals surface area contributed by atoms with Gasteiger partial charge in [-0.25, -0.2) is 8.42 Å². The van der Waals surface area contributed by atoms with E-state index < -0.39 is 9.84 Å². The quantitative estimate of drug-likeness (QED) is 0.677. The lowest BCUT2D eigenvalue weighted by Crippen LogP contribution is -2.42. The molecule has 2 aliphatic rings. The molecule has 1 heterocycles. The van der Waals surface area contributed by atoms with Gasteiger partial charge in [0.1, 0.15) is 5.75 Å². The lowest BCUT2D eigenvalue weighted by atomic mass is 10.2. The molecule has 1 saturated carbocycles. The van der Waals surface area contributed by atoms with Crippen LogP contribution in [0.1, 0.15) is 37.7 Å². The van der Waals surface area contributed by atoms with E-state index in [9.17, 15) is 13.2 Å². The maximum Gasteiger partial charge on any atom is 0.223 e. The van der Waals surface area contributed by atoms with Gasteiger partial charge in [0.15, 0.2) is 9.84 Å². The first-order valence-corrected chi connectivity index (χ1v) is 11.0. The van der Waals surface area contributed by atoms with Gasteiger partial charge in [0, 0.05) is 23.5 Å². The van der Waals surface area contributed by atoms with Crippen molar-refractivity contribution < 1.29 is 17.9 Å². The highest BCUT2D eigenvalue weighted by Crippen LogP contribution is 2.33. The Hall–Kier alpha value is -1.27. The van der Waals surface area contributed by atoms with Crippen molar-refractivity contribution in [3.05, 3.63) is 28.8 Å². The molecular weight excluding hydrogens is 362 g/mol. The van der Waals surface area contributed by atoms with Gasteiger partial charge in [0.25, 0.3) is 0 Å². The molecule has 1 aliphatic heterocycles. The molecule has 2 fully saturated rings. The van der Waals surface area contributed by atoms with Crippen LogP contribution in [0.2, 0.25) is 5.02 Å². The Balaban J connectivity index is 1.48. The lowest BCUT2D eigenvalue weighted by Gasteiger charge is -2.28. The number of aryl methyl sites for hydroxylation is 1. The van der Waals surface area contributed by atoms with Crippen LogP contribution >= 0.6 is 11.6 Å². The summed E-state index contributed by atoms with van der Waals surface area (Å²) in [7, 11) is -2.98. The highest BCUT2D eigenvalue weighted by molar-refractivity contribution is 7.91. The normalized spacial score (nSPS) is 21.9. The highest BCUT2D eigenvalue weighted by Gasteiger charge is 2.41. The monoisotopic (exact) mass is 385 g/mol. The molecule has 1 aromatic rings. The van der Waals surface area contributed by atoms with Crippen molar-refractivity contribution in [2.24, 2.45) is 0 Å². The van der Waals surface area contributed by atoms with Crippen LogP contribution in [0, 0.1) is 6.92 Å². The first-order valence-electron chi connectivity index (χ1n) is 8.76. The maximum absolute atomic E-state index is 12.6. The van der Waals surface area contributed by atoms with Gasteiger partial charge in [-0.1, -0.05) is 11.6 Å². The maximum atomic E-state index is 12.6. The molecule has 1 aliphatic carbocycles. The van der Waals surface area contributed by atoms with Gasteiger partial charge in [-0.2, -0.15) is 0 Å². The van der Waals surface area contributed by atoms with Gasteiger partial charge in [-0.05, 0) is 56.4 Å². The van der Waals surface area contributed by atoms with Crippen molar-refractivity contribution in [1.82, 2.24) is 4.90 Å². The molecule has 3 rings (SSSR count). The molecule has 0 aromatic heterocycles. The van der Waals surface area contributed by atoms with Crippen molar-refractivity contribution in [3.63, 3.8) is 0 Å². The first kappa shape index (κ1) is 18.5. The minimum Gasteiger partial charge on any atom is -0.494 e. The standard InChI is InChI=1S/C18H24ClNO4S/c1-13-11-16(6-7-17(13)19)24-9-2-3-18(21)20(14-4-5-14)15-8-10-25(22,23)12-15/h6-7,11,14-15H,2-5,8-10,12H2,1H3. The summed E-state index contributed by atoms with van der Waals surface area (Å²) >= 11 is 5.99. The van der Waals surface area contributed by atoms with E-state index in [1.54, 1.807) is 6.07 Å². The summed E-state index contributed by atoms with van der Waals surface area (Å²) in [4.78, 5) is 14.4. The van der Waals surface area contributed by atoms with E-state index in [0.717, 1.165) is 24.2 Å². The highest BCUT2D eigenvalue weighted by atomic mass is 35.5. The second-order valence-electron chi connectivity index (χ2n) is 6.95. The number of ether oxygens (including phenoxy) is 1. The van der Waals surface area contributed by atoms with E-state index in [2.05, 4.69) is 0 Å². The average molecular weight is 386 g/mol. The van der Waals surface area contributed by atoms with Gasteiger partial charge >= 0.3 is 0 Å². The van der Waals surface area contributed by atoms with E-state index in [4.69, 9.17) is 16.3 Å². The molecule has 1 saturated heterocycles. The fourth-order valence-electron chi connectivity index (χ4n) is 3.30. The van der Waals surface area contributed by atoms with E-state index in [1.165, 1.54) is 0 Å². The van der Waals surface area contributed by atoms with Crippen LogP contribution < -0.4 is 4.74 Å². The zero-order chi connectivity index (χ0) is 18.0. The van der Waals surface area contributed by atoms with E-state index in [-0.39, 0.29) is 29.5 Å². The minimum absolute atomic E-state index is 0.0560. The number of hydrogen-bond acceptors (Lipinski definition) is 4. The number of carbonyl (C=O) groups excluding carboxylic acids is 1. The summed E-state index contributed by atoms with van der Waals surface area (Å²) in [5.41, 5.74) is 0.956. The Labute approximate surface area is 154 Å².